The summed E-state index contributed by atoms with van der Waals surface area (Å²) in [5.41, 5.74) is 1.21. The molecule has 0 bridgehead atoms. The van der Waals surface area contributed by atoms with E-state index in [1.807, 2.05) is 0 Å². The molecular weight excluding hydrogens is 289 g/mol. The van der Waals surface area contributed by atoms with Crippen LogP contribution in [0.2, 0.25) is 0 Å². The summed E-state index contributed by atoms with van der Waals surface area (Å²) in [4.78, 5) is 18.4. The first kappa shape index (κ1) is 11.8. The number of rotatable bonds is 3. The Bertz CT molecular complexity index is 528. The zero-order valence-corrected chi connectivity index (χ0v) is 10.3. The molecule has 2 rings (SSSR count). The number of halogens is 2. The molecule has 0 fully saturated rings. The van der Waals surface area contributed by atoms with Crippen molar-refractivity contribution in [1.29, 1.82) is 0 Å². The maximum atomic E-state index is 13.0. The number of benzene rings is 1. The fourth-order valence-electron chi connectivity index (χ4n) is 1.30. The second kappa shape index (κ2) is 5.09. The van der Waals surface area contributed by atoms with Gasteiger partial charge < -0.3 is 10.3 Å². The maximum Gasteiger partial charge on any atom is 0.251 e. The van der Waals surface area contributed by atoms with Crippen LogP contribution in [-0.2, 0) is 6.54 Å². The average Bonchev–Trinajstić information content (AvgIpc) is 2.82. The molecule has 0 atom stereocenters. The second-order valence-corrected chi connectivity index (χ2v) is 4.24. The van der Waals surface area contributed by atoms with Gasteiger partial charge in [-0.3, -0.25) is 4.79 Å². The Morgan fingerprint density at radius 1 is 1.53 bits per heavy atom. The summed E-state index contributed by atoms with van der Waals surface area (Å²) in [6.45, 7) is 0.355. The van der Waals surface area contributed by atoms with Gasteiger partial charge >= 0.3 is 0 Å². The van der Waals surface area contributed by atoms with Gasteiger partial charge in [-0.2, -0.15) is 0 Å². The smallest absolute Gasteiger partial charge is 0.251 e. The van der Waals surface area contributed by atoms with Gasteiger partial charge in [-0.05, 0) is 34.1 Å². The number of amides is 1. The van der Waals surface area contributed by atoms with E-state index in [-0.39, 0.29) is 10.4 Å². The van der Waals surface area contributed by atoms with Crippen LogP contribution in [0.25, 0.3) is 0 Å². The van der Waals surface area contributed by atoms with Gasteiger partial charge in [0.05, 0.1) is 23.0 Å². The largest absolute Gasteiger partial charge is 0.347 e. The van der Waals surface area contributed by atoms with Crippen molar-refractivity contribution in [2.45, 2.75) is 6.54 Å². The van der Waals surface area contributed by atoms with Crippen LogP contribution in [0.5, 0.6) is 0 Å². The lowest BCUT2D eigenvalue weighted by Gasteiger charge is -2.04. The molecule has 0 unspecified atom stereocenters. The summed E-state index contributed by atoms with van der Waals surface area (Å²) in [5, 5.41) is 2.69. The molecule has 0 saturated heterocycles. The van der Waals surface area contributed by atoms with E-state index in [0.717, 1.165) is 5.69 Å². The zero-order valence-electron chi connectivity index (χ0n) is 8.71. The number of imidazole rings is 1. The van der Waals surface area contributed by atoms with E-state index in [1.54, 1.807) is 6.20 Å². The molecule has 1 aromatic carbocycles. The Morgan fingerprint density at radius 3 is 3.00 bits per heavy atom. The molecule has 2 N–H and O–H groups in total. The van der Waals surface area contributed by atoms with Crippen molar-refractivity contribution in [3.63, 3.8) is 0 Å². The van der Waals surface area contributed by atoms with E-state index in [4.69, 9.17) is 0 Å². The first-order chi connectivity index (χ1) is 8.16. The minimum absolute atomic E-state index is 0.264. The highest BCUT2D eigenvalue weighted by Crippen LogP contribution is 2.16. The average molecular weight is 298 g/mol. The molecule has 0 saturated carbocycles. The number of hydrogen-bond donors (Lipinski definition) is 2. The number of nitrogens with one attached hydrogen (secondary N) is 2. The molecule has 4 nitrogen and oxygen atoms in total. The van der Waals surface area contributed by atoms with E-state index in [1.165, 1.54) is 24.5 Å². The van der Waals surface area contributed by atoms with E-state index in [2.05, 4.69) is 31.2 Å². The summed E-state index contributed by atoms with van der Waals surface area (Å²) < 4.78 is 13.2. The van der Waals surface area contributed by atoms with E-state index < -0.39 is 5.82 Å². The summed E-state index contributed by atoms with van der Waals surface area (Å²) in [6.07, 6.45) is 3.16. The van der Waals surface area contributed by atoms with Crippen molar-refractivity contribution >= 4 is 21.8 Å². The SMILES string of the molecule is O=C(NCc1cnc[nH]1)c1ccc(F)c(Br)c1. The highest BCUT2D eigenvalue weighted by atomic mass is 79.9. The second-order valence-electron chi connectivity index (χ2n) is 3.39. The maximum absolute atomic E-state index is 13.0. The fraction of sp³-hybridized carbons (Fsp3) is 0.0909. The predicted octanol–water partition coefficient (Wildman–Crippen LogP) is 2.24. The standard InChI is InChI=1S/C11H9BrFN3O/c12-9-3-7(1-2-10(9)13)11(17)15-5-8-4-14-6-16-8/h1-4,6H,5H2,(H,14,16)(H,15,17). The van der Waals surface area contributed by atoms with E-state index in [9.17, 15) is 9.18 Å². The number of H-pyrrole nitrogens is 1. The zero-order chi connectivity index (χ0) is 12.3. The first-order valence-electron chi connectivity index (χ1n) is 4.87. The summed E-state index contributed by atoms with van der Waals surface area (Å²) in [7, 11) is 0. The Kier molecular flexibility index (Phi) is 3.53. The number of aromatic nitrogens is 2. The molecule has 0 aliphatic heterocycles. The van der Waals surface area contributed by atoms with Gasteiger partial charge in [0, 0.05) is 11.8 Å². The number of carbonyl (C=O) groups is 1. The Hall–Kier alpha value is -1.69. The van der Waals surface area contributed by atoms with Crippen molar-refractivity contribution in [2.24, 2.45) is 0 Å². The molecule has 6 heteroatoms. The molecule has 1 aromatic heterocycles. The Labute approximate surface area is 105 Å². The highest BCUT2D eigenvalue weighted by Gasteiger charge is 2.08. The third-order valence-corrected chi connectivity index (χ3v) is 2.78. The summed E-state index contributed by atoms with van der Waals surface area (Å²) >= 11 is 3.03. The van der Waals surface area contributed by atoms with Gasteiger partial charge in [-0.1, -0.05) is 0 Å². The number of hydrogen-bond acceptors (Lipinski definition) is 2. The minimum Gasteiger partial charge on any atom is -0.347 e. The molecule has 0 radical (unpaired) electrons. The third kappa shape index (κ3) is 2.91. The van der Waals surface area contributed by atoms with Gasteiger partial charge in [-0.25, -0.2) is 9.37 Å². The van der Waals surface area contributed by atoms with Crippen LogP contribution in [0.1, 0.15) is 16.1 Å². The number of aromatic amines is 1. The monoisotopic (exact) mass is 297 g/mol. The number of carbonyl (C=O) groups excluding carboxylic acids is 1. The molecule has 1 heterocycles. The lowest BCUT2D eigenvalue weighted by Crippen LogP contribution is -2.22. The van der Waals surface area contributed by atoms with E-state index in [0.29, 0.717) is 12.1 Å². The normalized spacial score (nSPS) is 10.2. The Balaban J connectivity index is 2.02. The van der Waals surface area contributed by atoms with E-state index >= 15 is 0 Å². The molecule has 0 aliphatic rings. The van der Waals surface area contributed by atoms with Gasteiger partial charge in [0.2, 0.25) is 0 Å². The fourth-order valence-corrected chi connectivity index (χ4v) is 1.68. The summed E-state index contributed by atoms with van der Waals surface area (Å²) in [5.74, 6) is -0.657. The molecule has 88 valence electrons. The van der Waals surface area contributed by atoms with Gasteiger partial charge in [-0.15, -0.1) is 0 Å². The molecule has 17 heavy (non-hydrogen) atoms. The molecule has 0 aliphatic carbocycles. The van der Waals surface area contributed by atoms with Crippen molar-refractivity contribution in [1.82, 2.24) is 15.3 Å². The highest BCUT2D eigenvalue weighted by molar-refractivity contribution is 9.10. The van der Waals surface area contributed by atoms with Crippen molar-refractivity contribution in [3.05, 3.63) is 52.3 Å². The van der Waals surface area contributed by atoms with Crippen LogP contribution in [-0.4, -0.2) is 15.9 Å². The van der Waals surface area contributed by atoms with Gasteiger partial charge in [0.15, 0.2) is 0 Å². The summed E-state index contributed by atoms with van der Waals surface area (Å²) in [6, 6.07) is 4.12. The predicted molar refractivity (Wildman–Crippen MR) is 63.9 cm³/mol. The topological polar surface area (TPSA) is 57.8 Å². The van der Waals surface area contributed by atoms with Crippen LogP contribution >= 0.6 is 15.9 Å². The van der Waals surface area contributed by atoms with Gasteiger partial charge in [0.25, 0.3) is 5.91 Å². The van der Waals surface area contributed by atoms with Crippen molar-refractivity contribution in [3.8, 4) is 0 Å². The van der Waals surface area contributed by atoms with Crippen LogP contribution in [0, 0.1) is 5.82 Å². The van der Waals surface area contributed by atoms with Crippen molar-refractivity contribution < 1.29 is 9.18 Å². The first-order valence-corrected chi connectivity index (χ1v) is 5.66. The lowest BCUT2D eigenvalue weighted by molar-refractivity contribution is 0.0950. The van der Waals surface area contributed by atoms with Gasteiger partial charge in [0.1, 0.15) is 5.82 Å². The lowest BCUT2D eigenvalue weighted by atomic mass is 10.2. The number of nitrogens with zero attached hydrogens (tertiary/aromatic N) is 1. The molecule has 0 spiro atoms. The van der Waals surface area contributed by atoms with Crippen LogP contribution < -0.4 is 5.32 Å². The molecule has 2 aromatic rings. The molecular formula is C11H9BrFN3O. The molecule has 1 amide bonds. The van der Waals surface area contributed by atoms with Crippen LogP contribution in [0.15, 0.2) is 35.2 Å². The third-order valence-electron chi connectivity index (χ3n) is 2.18. The minimum atomic E-state index is -0.393. The van der Waals surface area contributed by atoms with Crippen molar-refractivity contribution in [2.75, 3.05) is 0 Å². The quantitative estimate of drug-likeness (QED) is 0.913. The Morgan fingerprint density at radius 2 is 2.35 bits per heavy atom. The van der Waals surface area contributed by atoms with Crippen LogP contribution in [0.3, 0.4) is 0 Å². The van der Waals surface area contributed by atoms with Crippen LogP contribution in [0.4, 0.5) is 4.39 Å².